The molecule has 3 aliphatic rings. The third-order valence-electron chi connectivity index (χ3n) is 5.96. The topological polar surface area (TPSA) is 101 Å². The third kappa shape index (κ3) is 4.82. The van der Waals surface area contributed by atoms with Crippen LogP contribution in [0, 0.1) is 5.92 Å². The lowest BCUT2D eigenvalue weighted by Crippen LogP contribution is -2.47. The first kappa shape index (κ1) is 19.6. The van der Waals surface area contributed by atoms with E-state index >= 15 is 0 Å². The summed E-state index contributed by atoms with van der Waals surface area (Å²) in [5, 5.41) is 5.10. The number of nitrogens with zero attached hydrogens (tertiary/aromatic N) is 3. The molecule has 3 heterocycles. The standard InChI is InChI=1S/C19H29N5O3S/c20-19-22-16(12-28-19)18(26)21-10-15-4-3-14(24(15)11-13-1-2-13)9-17(25)23-5-7-27-8-6-23/h12-15H,1-11H2,(H2,20,22)(H,21,26)/t14-,15+/m1/s1. The van der Waals surface area contributed by atoms with Crippen LogP contribution >= 0.6 is 11.3 Å². The molecule has 0 bridgehead atoms. The Morgan fingerprint density at radius 3 is 2.64 bits per heavy atom. The molecular formula is C19H29N5O3S. The van der Waals surface area contributed by atoms with Gasteiger partial charge in [-0.05, 0) is 31.6 Å². The molecule has 1 aliphatic carbocycles. The number of nitrogens with one attached hydrogen (secondary N) is 1. The van der Waals surface area contributed by atoms with Crippen molar-refractivity contribution in [1.82, 2.24) is 20.1 Å². The Kier molecular flexibility index (Phi) is 6.13. The molecule has 1 aromatic heterocycles. The second-order valence-corrected chi connectivity index (χ2v) is 8.89. The van der Waals surface area contributed by atoms with Gasteiger partial charge in [-0.3, -0.25) is 14.5 Å². The molecule has 3 N–H and O–H groups in total. The molecule has 3 fully saturated rings. The molecule has 1 aromatic rings. The van der Waals surface area contributed by atoms with Gasteiger partial charge in [0, 0.05) is 50.1 Å². The average molecular weight is 408 g/mol. The number of likely N-dealkylation sites (tertiary alicyclic amines) is 1. The van der Waals surface area contributed by atoms with E-state index in [1.54, 1.807) is 5.38 Å². The highest BCUT2D eigenvalue weighted by Crippen LogP contribution is 2.35. The molecule has 4 rings (SSSR count). The van der Waals surface area contributed by atoms with Crippen LogP contribution < -0.4 is 11.1 Å². The number of anilines is 1. The van der Waals surface area contributed by atoms with Gasteiger partial charge in [0.15, 0.2) is 5.13 Å². The van der Waals surface area contributed by atoms with Gasteiger partial charge in [0.25, 0.3) is 5.91 Å². The van der Waals surface area contributed by atoms with Gasteiger partial charge in [0.05, 0.1) is 13.2 Å². The van der Waals surface area contributed by atoms with Crippen molar-refractivity contribution in [1.29, 1.82) is 0 Å². The predicted octanol–water partition coefficient (Wildman–Crippen LogP) is 0.947. The number of thiazole rings is 1. The highest BCUT2D eigenvalue weighted by atomic mass is 32.1. The normalized spacial score (nSPS) is 25.8. The molecule has 0 aromatic carbocycles. The molecule has 1 saturated carbocycles. The molecule has 0 spiro atoms. The first-order chi connectivity index (χ1) is 13.6. The van der Waals surface area contributed by atoms with Crippen LogP contribution in [0.1, 0.15) is 42.6 Å². The van der Waals surface area contributed by atoms with Crippen molar-refractivity contribution in [3.63, 3.8) is 0 Å². The third-order valence-corrected chi connectivity index (χ3v) is 6.64. The fourth-order valence-corrected chi connectivity index (χ4v) is 4.73. The van der Waals surface area contributed by atoms with Crippen LogP contribution in [0.2, 0.25) is 0 Å². The zero-order chi connectivity index (χ0) is 19.5. The predicted molar refractivity (Wildman–Crippen MR) is 107 cm³/mol. The lowest BCUT2D eigenvalue weighted by atomic mass is 10.1. The zero-order valence-corrected chi connectivity index (χ0v) is 17.0. The molecule has 9 heteroatoms. The van der Waals surface area contributed by atoms with Crippen molar-refractivity contribution in [3.8, 4) is 0 Å². The quantitative estimate of drug-likeness (QED) is 0.698. The fourth-order valence-electron chi connectivity index (χ4n) is 4.19. The molecule has 2 amide bonds. The van der Waals surface area contributed by atoms with Crippen molar-refractivity contribution in [2.45, 2.75) is 44.2 Å². The van der Waals surface area contributed by atoms with Gasteiger partial charge in [-0.15, -0.1) is 11.3 Å². The summed E-state index contributed by atoms with van der Waals surface area (Å²) in [5.41, 5.74) is 6.00. The first-order valence-electron chi connectivity index (χ1n) is 10.2. The van der Waals surface area contributed by atoms with Gasteiger partial charge in [-0.2, -0.15) is 0 Å². The number of hydrogen-bond donors (Lipinski definition) is 2. The van der Waals surface area contributed by atoms with E-state index in [4.69, 9.17) is 10.5 Å². The number of carbonyl (C=O) groups excluding carboxylic acids is 2. The van der Waals surface area contributed by atoms with E-state index in [9.17, 15) is 9.59 Å². The number of nitrogen functional groups attached to an aromatic ring is 1. The molecule has 8 nitrogen and oxygen atoms in total. The van der Waals surface area contributed by atoms with Crippen molar-refractivity contribution in [2.24, 2.45) is 5.92 Å². The summed E-state index contributed by atoms with van der Waals surface area (Å²) < 4.78 is 5.35. The maximum atomic E-state index is 12.7. The minimum Gasteiger partial charge on any atom is -0.378 e. The lowest BCUT2D eigenvalue weighted by Gasteiger charge is -2.33. The maximum absolute atomic E-state index is 12.7. The van der Waals surface area contributed by atoms with Crippen LogP contribution in [-0.2, 0) is 9.53 Å². The van der Waals surface area contributed by atoms with Crippen molar-refractivity contribution < 1.29 is 14.3 Å². The first-order valence-corrected chi connectivity index (χ1v) is 11.1. The second kappa shape index (κ2) is 8.75. The Labute approximate surface area is 169 Å². The number of nitrogens with two attached hydrogens (primary N) is 1. The summed E-state index contributed by atoms with van der Waals surface area (Å²) in [7, 11) is 0. The Bertz CT molecular complexity index is 701. The van der Waals surface area contributed by atoms with E-state index in [0.717, 1.165) is 25.3 Å². The summed E-state index contributed by atoms with van der Waals surface area (Å²) in [6.07, 6.45) is 5.13. The number of hydrogen-bond acceptors (Lipinski definition) is 7. The Morgan fingerprint density at radius 2 is 1.96 bits per heavy atom. The highest BCUT2D eigenvalue weighted by Gasteiger charge is 2.38. The van der Waals surface area contributed by atoms with Gasteiger partial charge < -0.3 is 20.7 Å². The van der Waals surface area contributed by atoms with Crippen LogP contribution in [-0.4, -0.2) is 78.1 Å². The number of carbonyl (C=O) groups is 2. The van der Waals surface area contributed by atoms with E-state index < -0.39 is 0 Å². The van der Waals surface area contributed by atoms with Crippen LogP contribution in [0.15, 0.2) is 5.38 Å². The van der Waals surface area contributed by atoms with Crippen molar-refractivity contribution >= 4 is 28.3 Å². The minimum absolute atomic E-state index is 0.174. The highest BCUT2D eigenvalue weighted by molar-refractivity contribution is 7.13. The number of rotatable bonds is 7. The zero-order valence-electron chi connectivity index (χ0n) is 16.1. The molecular weight excluding hydrogens is 378 g/mol. The number of amides is 2. The maximum Gasteiger partial charge on any atom is 0.270 e. The summed E-state index contributed by atoms with van der Waals surface area (Å²) in [6, 6.07) is 0.552. The average Bonchev–Trinajstić information content (AvgIpc) is 3.30. The molecule has 0 radical (unpaired) electrons. The van der Waals surface area contributed by atoms with E-state index in [-0.39, 0.29) is 23.9 Å². The summed E-state index contributed by atoms with van der Waals surface area (Å²) >= 11 is 1.27. The second-order valence-electron chi connectivity index (χ2n) is 8.00. The van der Waals surface area contributed by atoms with E-state index in [2.05, 4.69) is 15.2 Å². The fraction of sp³-hybridized carbons (Fsp3) is 0.737. The van der Waals surface area contributed by atoms with Gasteiger partial charge in [-0.1, -0.05) is 0 Å². The molecule has 154 valence electrons. The van der Waals surface area contributed by atoms with Gasteiger partial charge in [-0.25, -0.2) is 4.98 Å². The molecule has 2 saturated heterocycles. The minimum atomic E-state index is -0.174. The van der Waals surface area contributed by atoms with Crippen LogP contribution in [0.3, 0.4) is 0 Å². The smallest absolute Gasteiger partial charge is 0.270 e. The van der Waals surface area contributed by atoms with E-state index in [1.165, 1.54) is 24.2 Å². The van der Waals surface area contributed by atoms with Crippen molar-refractivity contribution in [3.05, 3.63) is 11.1 Å². The molecule has 2 aliphatic heterocycles. The summed E-state index contributed by atoms with van der Waals surface area (Å²) in [5.74, 6) is 0.805. The summed E-state index contributed by atoms with van der Waals surface area (Å²) in [4.78, 5) is 33.5. The largest absolute Gasteiger partial charge is 0.378 e. The van der Waals surface area contributed by atoms with E-state index in [0.29, 0.717) is 50.1 Å². The molecule has 0 unspecified atom stereocenters. The Morgan fingerprint density at radius 1 is 1.21 bits per heavy atom. The number of aromatic nitrogens is 1. The number of morpholine rings is 1. The van der Waals surface area contributed by atoms with Crippen LogP contribution in [0.25, 0.3) is 0 Å². The van der Waals surface area contributed by atoms with E-state index in [1.807, 2.05) is 4.90 Å². The Balaban J connectivity index is 1.33. The van der Waals surface area contributed by atoms with Crippen molar-refractivity contribution in [2.75, 3.05) is 45.1 Å². The Hall–Kier alpha value is -1.71. The van der Waals surface area contributed by atoms with Crippen LogP contribution in [0.5, 0.6) is 0 Å². The van der Waals surface area contributed by atoms with Gasteiger partial charge in [0.1, 0.15) is 5.69 Å². The SMILES string of the molecule is Nc1nc(C(=O)NC[C@@H]2CC[C@H](CC(=O)N3CCOCC3)N2CC2CC2)cs1. The van der Waals surface area contributed by atoms with Gasteiger partial charge >= 0.3 is 0 Å². The summed E-state index contributed by atoms with van der Waals surface area (Å²) in [6.45, 7) is 4.29. The molecule has 28 heavy (non-hydrogen) atoms. The monoisotopic (exact) mass is 407 g/mol. The number of ether oxygens (including phenoxy) is 1. The lowest BCUT2D eigenvalue weighted by molar-refractivity contribution is -0.136. The van der Waals surface area contributed by atoms with Gasteiger partial charge in [0.2, 0.25) is 5.91 Å². The molecule has 2 atom stereocenters. The van der Waals surface area contributed by atoms with Crippen LogP contribution in [0.4, 0.5) is 5.13 Å².